The highest BCUT2D eigenvalue weighted by Gasteiger charge is 2.13. The zero-order chi connectivity index (χ0) is 11.3. The number of halogens is 2. The van der Waals surface area contributed by atoms with Crippen LogP contribution in [0.3, 0.4) is 0 Å². The molecule has 0 aliphatic rings. The smallest absolute Gasteiger partial charge is 0.288 e. The molecule has 1 rings (SSSR count). The van der Waals surface area contributed by atoms with Crippen LogP contribution in [0.2, 0.25) is 0 Å². The number of carbonyl (C=O) groups is 2. The van der Waals surface area contributed by atoms with Crippen LogP contribution in [-0.2, 0) is 0 Å². The molecule has 0 fully saturated rings. The molecule has 2 N–H and O–H groups in total. The monoisotopic (exact) mass is 334 g/mol. The van der Waals surface area contributed by atoms with Gasteiger partial charge in [0, 0.05) is 31.9 Å². The number of carbonyl (C=O) groups excluding carboxylic acids is 2. The van der Waals surface area contributed by atoms with Gasteiger partial charge in [-0.1, -0.05) is 30.3 Å². The summed E-state index contributed by atoms with van der Waals surface area (Å²) in [5.74, 6) is 0. The van der Waals surface area contributed by atoms with Crippen molar-refractivity contribution in [2.45, 2.75) is 6.17 Å². The third-order valence-corrected chi connectivity index (χ3v) is 2.11. The van der Waals surface area contributed by atoms with Crippen LogP contribution in [0.4, 0.5) is 9.59 Å². The number of hydrogen-bond acceptors (Lipinski definition) is 2. The molecule has 0 atom stereocenters. The minimum atomic E-state index is -0.551. The summed E-state index contributed by atoms with van der Waals surface area (Å²) >= 11 is 5.49. The van der Waals surface area contributed by atoms with Gasteiger partial charge in [-0.15, -0.1) is 0 Å². The Labute approximate surface area is 104 Å². The highest BCUT2D eigenvalue weighted by molar-refractivity contribution is 9.18. The molecule has 15 heavy (non-hydrogen) atoms. The SMILES string of the molecule is O=C(Br)NC(NC(=O)Br)c1ccccc1. The quantitative estimate of drug-likeness (QED) is 0.507. The Morgan fingerprint density at radius 2 is 1.47 bits per heavy atom. The molecule has 0 aliphatic heterocycles. The number of rotatable bonds is 3. The number of amides is 2. The van der Waals surface area contributed by atoms with Gasteiger partial charge in [-0.2, -0.15) is 0 Å². The molecule has 0 unspecified atom stereocenters. The first-order chi connectivity index (χ1) is 7.09. The van der Waals surface area contributed by atoms with Crippen molar-refractivity contribution in [2.24, 2.45) is 0 Å². The molecule has 4 nitrogen and oxygen atoms in total. The Morgan fingerprint density at radius 3 is 1.87 bits per heavy atom. The average Bonchev–Trinajstić information content (AvgIpc) is 2.17. The fourth-order valence-corrected chi connectivity index (χ4v) is 1.53. The van der Waals surface area contributed by atoms with Crippen LogP contribution in [-0.4, -0.2) is 9.63 Å². The molecule has 0 aliphatic carbocycles. The summed E-state index contributed by atoms with van der Waals surface area (Å²) in [5, 5.41) is 5.09. The van der Waals surface area contributed by atoms with Gasteiger partial charge in [0.15, 0.2) is 0 Å². The summed E-state index contributed by atoms with van der Waals surface area (Å²) in [6.45, 7) is 0. The summed E-state index contributed by atoms with van der Waals surface area (Å²) in [7, 11) is 0. The van der Waals surface area contributed by atoms with Crippen LogP contribution in [0.25, 0.3) is 0 Å². The molecule has 0 saturated carbocycles. The molecule has 1 aromatic carbocycles. The lowest BCUT2D eigenvalue weighted by Gasteiger charge is -2.17. The summed E-state index contributed by atoms with van der Waals surface area (Å²) in [6, 6.07) is 9.10. The van der Waals surface area contributed by atoms with E-state index in [1.54, 1.807) is 12.1 Å². The van der Waals surface area contributed by atoms with E-state index in [1.165, 1.54) is 0 Å². The van der Waals surface area contributed by atoms with Gasteiger partial charge in [-0.3, -0.25) is 9.59 Å². The highest BCUT2D eigenvalue weighted by atomic mass is 79.9. The van der Waals surface area contributed by atoms with Crippen molar-refractivity contribution in [2.75, 3.05) is 0 Å². The van der Waals surface area contributed by atoms with Crippen molar-refractivity contribution in [3.63, 3.8) is 0 Å². The minimum absolute atomic E-state index is 0.391. The predicted molar refractivity (Wildman–Crippen MR) is 64.1 cm³/mol. The van der Waals surface area contributed by atoms with E-state index in [0.29, 0.717) is 0 Å². The van der Waals surface area contributed by atoms with Gasteiger partial charge in [-0.05, 0) is 5.56 Å². The van der Waals surface area contributed by atoms with Crippen molar-refractivity contribution in [1.29, 1.82) is 0 Å². The van der Waals surface area contributed by atoms with Gasteiger partial charge < -0.3 is 10.6 Å². The molecule has 0 saturated heterocycles. The first-order valence-electron chi connectivity index (χ1n) is 4.06. The average molecular weight is 336 g/mol. The Bertz CT molecular complexity index is 340. The van der Waals surface area contributed by atoms with Crippen molar-refractivity contribution in [1.82, 2.24) is 10.6 Å². The Morgan fingerprint density at radius 1 is 1.00 bits per heavy atom. The Kier molecular flexibility index (Phi) is 4.77. The molecule has 0 radical (unpaired) electrons. The first-order valence-corrected chi connectivity index (χ1v) is 5.65. The topological polar surface area (TPSA) is 58.2 Å². The summed E-state index contributed by atoms with van der Waals surface area (Å²) in [4.78, 5) is 20.9. The van der Waals surface area contributed by atoms with Crippen LogP contribution >= 0.6 is 31.9 Å². The van der Waals surface area contributed by atoms with Crippen molar-refractivity contribution in [3.8, 4) is 0 Å². The third-order valence-electron chi connectivity index (χ3n) is 1.65. The summed E-state index contributed by atoms with van der Waals surface area (Å²) in [6.07, 6.45) is -0.551. The summed E-state index contributed by atoms with van der Waals surface area (Å²) in [5.41, 5.74) is 0.790. The maximum Gasteiger partial charge on any atom is 0.288 e. The van der Waals surface area contributed by atoms with Gasteiger partial charge in [0.2, 0.25) is 0 Å². The Hall–Kier alpha value is -0.880. The van der Waals surface area contributed by atoms with E-state index in [-0.39, 0.29) is 0 Å². The lowest BCUT2D eigenvalue weighted by molar-refractivity contribution is 0.249. The fourth-order valence-electron chi connectivity index (χ4n) is 1.08. The lowest BCUT2D eigenvalue weighted by Crippen LogP contribution is -2.36. The van der Waals surface area contributed by atoms with Crippen LogP contribution in [0.15, 0.2) is 30.3 Å². The fraction of sp³-hybridized carbons (Fsp3) is 0.111. The van der Waals surface area contributed by atoms with Crippen LogP contribution in [0.5, 0.6) is 0 Å². The van der Waals surface area contributed by atoms with Crippen molar-refractivity contribution < 1.29 is 9.59 Å². The zero-order valence-corrected chi connectivity index (χ0v) is 10.7. The Balaban J connectivity index is 2.81. The molecule has 1 aromatic rings. The molecule has 0 spiro atoms. The summed E-state index contributed by atoms with van der Waals surface area (Å²) < 4.78 is 0. The maximum absolute atomic E-state index is 10.8. The van der Waals surface area contributed by atoms with Gasteiger partial charge in [0.1, 0.15) is 6.17 Å². The number of hydrogen-bond donors (Lipinski definition) is 2. The van der Waals surface area contributed by atoms with Crippen LogP contribution < -0.4 is 10.6 Å². The molecule has 0 bridgehead atoms. The zero-order valence-electron chi connectivity index (χ0n) is 7.54. The third kappa shape index (κ3) is 4.44. The van der Waals surface area contributed by atoms with Gasteiger partial charge in [0.05, 0.1) is 0 Å². The van der Waals surface area contributed by atoms with E-state index in [1.807, 2.05) is 18.2 Å². The minimum Gasteiger partial charge on any atom is -0.322 e. The standard InChI is InChI=1S/C9H8Br2N2O2/c10-8(14)12-7(13-9(11)15)6-4-2-1-3-5-6/h1-5,7H,(H,12,14)(H,13,15). The second kappa shape index (κ2) is 5.87. The van der Waals surface area contributed by atoms with E-state index in [2.05, 4.69) is 42.5 Å². The number of benzene rings is 1. The van der Waals surface area contributed by atoms with E-state index in [0.717, 1.165) is 5.56 Å². The molecule has 0 aromatic heterocycles. The number of nitrogens with one attached hydrogen (secondary N) is 2. The molecule has 0 heterocycles. The van der Waals surface area contributed by atoms with E-state index >= 15 is 0 Å². The van der Waals surface area contributed by atoms with Crippen molar-refractivity contribution in [3.05, 3.63) is 35.9 Å². The predicted octanol–water partition coefficient (Wildman–Crippen LogP) is 2.89. The van der Waals surface area contributed by atoms with E-state index in [4.69, 9.17) is 0 Å². The second-order valence-electron chi connectivity index (χ2n) is 2.68. The van der Waals surface area contributed by atoms with Crippen molar-refractivity contribution >= 4 is 41.5 Å². The molecule has 6 heteroatoms. The normalized spacial score (nSPS) is 9.80. The van der Waals surface area contributed by atoms with E-state index in [9.17, 15) is 9.59 Å². The maximum atomic E-state index is 10.8. The molecule has 2 amide bonds. The van der Waals surface area contributed by atoms with Gasteiger partial charge in [-0.25, -0.2) is 0 Å². The van der Waals surface area contributed by atoms with Crippen LogP contribution in [0, 0.1) is 0 Å². The van der Waals surface area contributed by atoms with E-state index < -0.39 is 15.8 Å². The highest BCUT2D eigenvalue weighted by Crippen LogP contribution is 2.11. The van der Waals surface area contributed by atoms with Gasteiger partial charge >= 0.3 is 0 Å². The lowest BCUT2D eigenvalue weighted by atomic mass is 10.2. The van der Waals surface area contributed by atoms with Gasteiger partial charge in [0.25, 0.3) is 9.63 Å². The van der Waals surface area contributed by atoms with Crippen LogP contribution in [0.1, 0.15) is 11.7 Å². The molecule has 80 valence electrons. The molecular weight excluding hydrogens is 328 g/mol. The second-order valence-corrected chi connectivity index (χ2v) is 4.12. The largest absolute Gasteiger partial charge is 0.322 e. The molecular formula is C9H8Br2N2O2. The first kappa shape index (κ1) is 12.2.